The number of hydrogen-bond donors (Lipinski definition) is 1. The molecule has 21 heavy (non-hydrogen) atoms. The fourth-order valence-corrected chi connectivity index (χ4v) is 4.15. The molecule has 0 radical (unpaired) electrons. The lowest BCUT2D eigenvalue weighted by Crippen LogP contribution is -2.57. The molecule has 2 aliphatic rings. The molecule has 3 heteroatoms. The fourth-order valence-electron chi connectivity index (χ4n) is 4.15. The third kappa shape index (κ3) is 2.09. The Kier molecular flexibility index (Phi) is 3.55. The van der Waals surface area contributed by atoms with Gasteiger partial charge in [0, 0.05) is 19.1 Å². The molecule has 0 saturated carbocycles. The van der Waals surface area contributed by atoms with E-state index in [9.17, 15) is 10.4 Å². The molecule has 1 aliphatic carbocycles. The van der Waals surface area contributed by atoms with Crippen LogP contribution in [0.2, 0.25) is 0 Å². The van der Waals surface area contributed by atoms with Crippen molar-refractivity contribution in [2.24, 2.45) is 0 Å². The molecule has 0 amide bonds. The molecule has 0 aromatic heterocycles. The van der Waals surface area contributed by atoms with Gasteiger partial charge in [0.15, 0.2) is 0 Å². The number of aliphatic hydroxyl groups is 1. The molecule has 3 rings (SSSR count). The number of fused-ring (bicyclic) bond motifs is 1. The Morgan fingerprint density at radius 2 is 1.86 bits per heavy atom. The smallest absolute Gasteiger partial charge is 0.111 e. The maximum Gasteiger partial charge on any atom is 0.111 e. The minimum Gasteiger partial charge on any atom is -0.388 e. The number of benzene rings is 1. The summed E-state index contributed by atoms with van der Waals surface area (Å²) in [6.45, 7) is 6.13. The Bertz CT molecular complexity index is 567. The highest BCUT2D eigenvalue weighted by molar-refractivity contribution is 5.47. The van der Waals surface area contributed by atoms with E-state index < -0.39 is 11.0 Å². The molecule has 1 unspecified atom stereocenters. The predicted molar refractivity (Wildman–Crippen MR) is 82.9 cm³/mol. The molecule has 3 nitrogen and oxygen atoms in total. The van der Waals surface area contributed by atoms with Crippen molar-refractivity contribution in [2.45, 2.75) is 56.6 Å². The fraction of sp³-hybridized carbons (Fsp3) is 0.611. The largest absolute Gasteiger partial charge is 0.388 e. The summed E-state index contributed by atoms with van der Waals surface area (Å²) in [5, 5.41) is 21.3. The molecule has 0 spiro atoms. The van der Waals surface area contributed by atoms with Crippen LogP contribution in [0.1, 0.15) is 44.2 Å². The van der Waals surface area contributed by atoms with Crippen molar-refractivity contribution in [3.05, 3.63) is 35.4 Å². The van der Waals surface area contributed by atoms with Gasteiger partial charge in [-0.15, -0.1) is 0 Å². The maximum atomic E-state index is 11.3. The summed E-state index contributed by atoms with van der Waals surface area (Å²) in [6.07, 6.45) is 3.03. The van der Waals surface area contributed by atoms with Gasteiger partial charge in [-0.05, 0) is 50.7 Å². The van der Waals surface area contributed by atoms with Crippen LogP contribution in [-0.2, 0) is 11.8 Å². The second-order valence-electron chi connectivity index (χ2n) is 6.84. The highest BCUT2D eigenvalue weighted by Crippen LogP contribution is 2.50. The van der Waals surface area contributed by atoms with Crippen molar-refractivity contribution >= 4 is 0 Å². The topological polar surface area (TPSA) is 47.3 Å². The van der Waals surface area contributed by atoms with Crippen molar-refractivity contribution in [3.63, 3.8) is 0 Å². The summed E-state index contributed by atoms with van der Waals surface area (Å²) in [6, 6.07) is 11.2. The highest BCUT2D eigenvalue weighted by atomic mass is 16.3. The molecular formula is C18H24N2O. The van der Waals surface area contributed by atoms with Gasteiger partial charge in [0.05, 0.1) is 11.7 Å². The van der Waals surface area contributed by atoms with E-state index in [1.807, 2.05) is 18.2 Å². The summed E-state index contributed by atoms with van der Waals surface area (Å²) >= 11 is 0. The summed E-state index contributed by atoms with van der Waals surface area (Å²) in [4.78, 5) is 2.39. The first-order valence-corrected chi connectivity index (χ1v) is 7.98. The van der Waals surface area contributed by atoms with E-state index in [0.717, 1.165) is 31.5 Å². The summed E-state index contributed by atoms with van der Waals surface area (Å²) in [5.41, 5.74) is 0.693. The van der Waals surface area contributed by atoms with Crippen LogP contribution in [0.5, 0.6) is 0 Å². The first-order valence-electron chi connectivity index (χ1n) is 7.98. The Hall–Kier alpha value is -1.37. The van der Waals surface area contributed by atoms with E-state index in [0.29, 0.717) is 18.9 Å². The van der Waals surface area contributed by atoms with Gasteiger partial charge in [0.1, 0.15) is 5.41 Å². The standard InChI is InChI=1S/C18H24N2O/c1-14(2)20-11-9-18(21,10-12-20)17(13-19)8-7-15-5-3-4-6-16(15)17/h3-6,14,21H,7-12H2,1-2H3. The van der Waals surface area contributed by atoms with Crippen molar-refractivity contribution < 1.29 is 5.11 Å². The van der Waals surface area contributed by atoms with E-state index in [4.69, 9.17) is 0 Å². The average Bonchev–Trinajstić information content (AvgIpc) is 2.88. The van der Waals surface area contributed by atoms with Crippen LogP contribution < -0.4 is 0 Å². The van der Waals surface area contributed by atoms with Crippen molar-refractivity contribution in [3.8, 4) is 6.07 Å². The van der Waals surface area contributed by atoms with Crippen LogP contribution in [0.3, 0.4) is 0 Å². The van der Waals surface area contributed by atoms with Crippen molar-refractivity contribution in [1.82, 2.24) is 4.90 Å². The summed E-state index contributed by atoms with van der Waals surface area (Å²) in [5.74, 6) is 0. The molecule has 1 aliphatic heterocycles. The van der Waals surface area contributed by atoms with Crippen LogP contribution in [0.15, 0.2) is 24.3 Å². The van der Waals surface area contributed by atoms with Gasteiger partial charge >= 0.3 is 0 Å². The lowest BCUT2D eigenvalue weighted by atomic mass is 9.64. The zero-order chi connectivity index (χ0) is 15.1. The van der Waals surface area contributed by atoms with E-state index in [-0.39, 0.29) is 0 Å². The van der Waals surface area contributed by atoms with Crippen LogP contribution in [0.25, 0.3) is 0 Å². The molecule has 1 aromatic rings. The monoisotopic (exact) mass is 284 g/mol. The zero-order valence-electron chi connectivity index (χ0n) is 13.0. The van der Waals surface area contributed by atoms with Gasteiger partial charge in [-0.3, -0.25) is 0 Å². The number of nitrogens with zero attached hydrogens (tertiary/aromatic N) is 2. The Morgan fingerprint density at radius 1 is 1.19 bits per heavy atom. The molecule has 1 atom stereocenters. The van der Waals surface area contributed by atoms with Crippen LogP contribution in [0.4, 0.5) is 0 Å². The summed E-state index contributed by atoms with van der Waals surface area (Å²) < 4.78 is 0. The van der Waals surface area contributed by atoms with Gasteiger partial charge in [0.25, 0.3) is 0 Å². The molecule has 1 aromatic carbocycles. The molecule has 112 valence electrons. The SMILES string of the molecule is CC(C)N1CCC(O)(C2(C#N)CCc3ccccc32)CC1. The Balaban J connectivity index is 1.94. The number of aryl methyl sites for hydroxylation is 1. The number of hydrogen-bond acceptors (Lipinski definition) is 3. The van der Waals surface area contributed by atoms with Crippen molar-refractivity contribution in [1.29, 1.82) is 5.26 Å². The third-order valence-corrected chi connectivity index (χ3v) is 5.59. The van der Waals surface area contributed by atoms with Gasteiger partial charge in [-0.25, -0.2) is 0 Å². The lowest BCUT2D eigenvalue weighted by Gasteiger charge is -2.47. The average molecular weight is 284 g/mol. The van der Waals surface area contributed by atoms with E-state index in [2.05, 4.69) is 30.9 Å². The number of likely N-dealkylation sites (tertiary alicyclic amines) is 1. The maximum absolute atomic E-state index is 11.3. The Labute approximate surface area is 127 Å². The van der Waals surface area contributed by atoms with E-state index >= 15 is 0 Å². The highest BCUT2D eigenvalue weighted by Gasteiger charge is 2.55. The first-order chi connectivity index (χ1) is 10.0. The molecule has 1 saturated heterocycles. The number of piperidine rings is 1. The lowest BCUT2D eigenvalue weighted by molar-refractivity contribution is -0.0702. The minimum atomic E-state index is -0.889. The molecule has 1 N–H and O–H groups in total. The van der Waals surface area contributed by atoms with Gasteiger partial charge in [-0.2, -0.15) is 5.26 Å². The molecule has 1 heterocycles. The van der Waals surface area contributed by atoms with E-state index in [1.165, 1.54) is 5.56 Å². The summed E-state index contributed by atoms with van der Waals surface area (Å²) in [7, 11) is 0. The van der Waals surface area contributed by atoms with Crippen LogP contribution in [0, 0.1) is 11.3 Å². The molecule has 0 bridgehead atoms. The molecule has 1 fully saturated rings. The first kappa shape index (κ1) is 14.6. The molecular weight excluding hydrogens is 260 g/mol. The number of rotatable bonds is 2. The normalized spacial score (nSPS) is 28.3. The quantitative estimate of drug-likeness (QED) is 0.908. The second kappa shape index (κ2) is 5.12. The van der Waals surface area contributed by atoms with Crippen molar-refractivity contribution in [2.75, 3.05) is 13.1 Å². The Morgan fingerprint density at radius 3 is 2.48 bits per heavy atom. The van der Waals surface area contributed by atoms with Crippen LogP contribution in [-0.4, -0.2) is 34.7 Å². The predicted octanol–water partition coefficient (Wildman–Crippen LogP) is 2.63. The number of nitriles is 1. The second-order valence-corrected chi connectivity index (χ2v) is 6.84. The van der Waals surface area contributed by atoms with Gasteiger partial charge < -0.3 is 10.0 Å². The van der Waals surface area contributed by atoms with Gasteiger partial charge in [0.2, 0.25) is 0 Å². The third-order valence-electron chi connectivity index (χ3n) is 5.59. The van der Waals surface area contributed by atoms with E-state index in [1.54, 1.807) is 0 Å². The zero-order valence-corrected chi connectivity index (χ0v) is 13.0. The minimum absolute atomic E-state index is 0.503. The van der Waals surface area contributed by atoms with Crippen LogP contribution >= 0.6 is 0 Å². The van der Waals surface area contributed by atoms with Gasteiger partial charge in [-0.1, -0.05) is 24.3 Å².